The van der Waals surface area contributed by atoms with Crippen molar-refractivity contribution in [2.24, 2.45) is 0 Å². The van der Waals surface area contributed by atoms with Crippen LogP contribution in [0.5, 0.6) is 0 Å². The maximum atomic E-state index is 13.2. The summed E-state index contributed by atoms with van der Waals surface area (Å²) in [5.74, 6) is -2.46. The van der Waals surface area contributed by atoms with E-state index < -0.39 is 35.5 Å². The summed E-state index contributed by atoms with van der Waals surface area (Å²) in [6.45, 7) is 0.503. The molecule has 1 aromatic carbocycles. The normalized spacial score (nSPS) is 17.4. The second kappa shape index (κ2) is 16.0. The maximum absolute atomic E-state index is 13.2. The molecule has 228 valence electrons. The Morgan fingerprint density at radius 1 is 1.09 bits per heavy atom. The number of halogens is 1. The Bertz CT molecular complexity index is 1370. The van der Waals surface area contributed by atoms with Gasteiger partial charge in [-0.1, -0.05) is 11.3 Å². The second-order valence-electron chi connectivity index (χ2n) is 9.63. The lowest BCUT2D eigenvalue weighted by Crippen LogP contribution is -2.52. The largest absolute Gasteiger partial charge is 0.377 e. The summed E-state index contributed by atoms with van der Waals surface area (Å²) in [5, 5.41) is 16.3. The molecular formula is C28H33FN8O6. The molecule has 0 unspecified atom stereocenters. The molecule has 0 bridgehead atoms. The average Bonchev–Trinajstić information content (AvgIpc) is 3.44. The molecule has 3 aromatic rings. The molecule has 1 aliphatic heterocycles. The Hall–Kier alpha value is -4.76. The van der Waals surface area contributed by atoms with Crippen LogP contribution in [0.3, 0.4) is 0 Å². The van der Waals surface area contributed by atoms with Gasteiger partial charge in [-0.05, 0) is 35.9 Å². The fourth-order valence-electron chi connectivity index (χ4n) is 4.16. The van der Waals surface area contributed by atoms with Crippen LogP contribution in [0, 0.1) is 5.82 Å². The number of nitrogens with zero attached hydrogens (tertiary/aromatic N) is 5. The van der Waals surface area contributed by atoms with E-state index in [-0.39, 0.29) is 64.6 Å². The van der Waals surface area contributed by atoms with E-state index in [0.29, 0.717) is 12.2 Å². The quantitative estimate of drug-likeness (QED) is 0.305. The number of hydrogen-bond donors (Lipinski definition) is 3. The van der Waals surface area contributed by atoms with E-state index in [2.05, 4.69) is 31.2 Å². The maximum Gasteiger partial charge on any atom is 0.251 e. The first kappa shape index (κ1) is 31.2. The molecule has 0 saturated carbocycles. The minimum absolute atomic E-state index is 0.0153. The van der Waals surface area contributed by atoms with E-state index in [0.717, 1.165) is 5.56 Å². The Labute approximate surface area is 246 Å². The van der Waals surface area contributed by atoms with E-state index in [1.807, 2.05) is 12.1 Å². The van der Waals surface area contributed by atoms with Crippen molar-refractivity contribution in [3.05, 3.63) is 77.6 Å². The number of amides is 4. The van der Waals surface area contributed by atoms with Gasteiger partial charge in [0.2, 0.25) is 17.7 Å². The van der Waals surface area contributed by atoms with Crippen LogP contribution in [-0.4, -0.2) is 107 Å². The van der Waals surface area contributed by atoms with E-state index in [9.17, 15) is 23.6 Å². The molecule has 1 aliphatic rings. The van der Waals surface area contributed by atoms with Gasteiger partial charge < -0.3 is 30.3 Å². The third-order valence-electron chi connectivity index (χ3n) is 6.32. The van der Waals surface area contributed by atoms with Gasteiger partial charge in [-0.25, -0.2) is 9.07 Å². The lowest BCUT2D eigenvalue weighted by Gasteiger charge is -2.24. The van der Waals surface area contributed by atoms with Crippen molar-refractivity contribution >= 4 is 23.6 Å². The Morgan fingerprint density at radius 3 is 2.70 bits per heavy atom. The molecule has 1 saturated heterocycles. The molecule has 4 rings (SSSR count). The zero-order chi connectivity index (χ0) is 30.4. The molecule has 0 radical (unpaired) electrons. The molecule has 4 amide bonds. The van der Waals surface area contributed by atoms with Gasteiger partial charge in [0.05, 0.1) is 38.6 Å². The fourth-order valence-corrected chi connectivity index (χ4v) is 4.16. The van der Waals surface area contributed by atoms with Crippen LogP contribution < -0.4 is 16.0 Å². The van der Waals surface area contributed by atoms with Crippen molar-refractivity contribution in [3.63, 3.8) is 0 Å². The molecule has 3 N–H and O–H groups in total. The van der Waals surface area contributed by atoms with Crippen molar-refractivity contribution in [3.8, 4) is 0 Å². The van der Waals surface area contributed by atoms with Gasteiger partial charge in [-0.3, -0.25) is 24.2 Å². The van der Waals surface area contributed by atoms with Crippen molar-refractivity contribution < 1.29 is 33.0 Å². The van der Waals surface area contributed by atoms with Crippen LogP contribution in [0.25, 0.3) is 0 Å². The standard InChI is InChI=1S/C28H33FN8O6/c29-22-5-3-21(4-6-22)27(40)31-8-10-36-18-25(38)33-24(28(41)32-9-11-42-12-13-43-19-26(36)39)14-23-17-37(35-34-23)16-20-2-1-7-30-15-20/h1-7,15,17,24H,8-14,16,18-19H2,(H,31,40)(H,32,41)(H,33,38)/t24-/m1/s1. The van der Waals surface area contributed by atoms with Crippen LogP contribution in [-0.2, 0) is 36.8 Å². The van der Waals surface area contributed by atoms with E-state index in [4.69, 9.17) is 9.47 Å². The smallest absolute Gasteiger partial charge is 0.251 e. The van der Waals surface area contributed by atoms with E-state index >= 15 is 0 Å². The highest BCUT2D eigenvalue weighted by Crippen LogP contribution is 2.05. The zero-order valence-corrected chi connectivity index (χ0v) is 23.4. The highest BCUT2D eigenvalue weighted by Gasteiger charge is 2.25. The number of carbonyl (C=O) groups excluding carboxylic acids is 4. The summed E-state index contributed by atoms with van der Waals surface area (Å²) in [7, 11) is 0. The third-order valence-corrected chi connectivity index (χ3v) is 6.32. The van der Waals surface area contributed by atoms with Gasteiger partial charge >= 0.3 is 0 Å². The lowest BCUT2D eigenvalue weighted by molar-refractivity contribution is -0.140. The third kappa shape index (κ3) is 10.2. The number of ether oxygens (including phenoxy) is 2. The number of nitrogens with one attached hydrogen (secondary N) is 3. The summed E-state index contributed by atoms with van der Waals surface area (Å²) in [6, 6.07) is 7.72. The predicted octanol–water partition coefficient (Wildman–Crippen LogP) is -0.691. The van der Waals surface area contributed by atoms with Crippen LogP contribution >= 0.6 is 0 Å². The van der Waals surface area contributed by atoms with E-state index in [1.54, 1.807) is 23.3 Å². The molecule has 1 fully saturated rings. The summed E-state index contributed by atoms with van der Waals surface area (Å²) < 4.78 is 25.6. The lowest BCUT2D eigenvalue weighted by atomic mass is 10.1. The zero-order valence-electron chi connectivity index (χ0n) is 23.4. The summed E-state index contributed by atoms with van der Waals surface area (Å²) >= 11 is 0. The van der Waals surface area contributed by atoms with Gasteiger partial charge in [-0.15, -0.1) is 5.10 Å². The number of rotatable bonds is 8. The van der Waals surface area contributed by atoms with Crippen molar-refractivity contribution in [1.82, 2.24) is 40.8 Å². The first-order valence-electron chi connectivity index (χ1n) is 13.7. The number of benzene rings is 1. The molecule has 15 heteroatoms. The van der Waals surface area contributed by atoms with Gasteiger partial charge in [0.1, 0.15) is 18.5 Å². The molecule has 0 aliphatic carbocycles. The fraction of sp³-hybridized carbons (Fsp3) is 0.393. The van der Waals surface area contributed by atoms with Crippen LogP contribution in [0.4, 0.5) is 4.39 Å². The van der Waals surface area contributed by atoms with Gasteiger partial charge in [-0.2, -0.15) is 0 Å². The Morgan fingerprint density at radius 2 is 1.91 bits per heavy atom. The number of aromatic nitrogens is 4. The predicted molar refractivity (Wildman–Crippen MR) is 149 cm³/mol. The topological polar surface area (TPSA) is 170 Å². The average molecular weight is 597 g/mol. The monoisotopic (exact) mass is 596 g/mol. The number of hydrogen-bond acceptors (Lipinski definition) is 9. The summed E-state index contributed by atoms with van der Waals surface area (Å²) in [5.41, 5.74) is 1.64. The molecule has 14 nitrogen and oxygen atoms in total. The molecule has 3 heterocycles. The Kier molecular flexibility index (Phi) is 11.6. The van der Waals surface area contributed by atoms with Gasteiger partial charge in [0.25, 0.3) is 5.91 Å². The SMILES string of the molecule is O=C1CN(CCNC(=O)c2ccc(F)cc2)C(=O)COCCOCCNC(=O)[C@@H](Cc2cn(Cc3cccnc3)nn2)N1. The summed E-state index contributed by atoms with van der Waals surface area (Å²) in [6.07, 6.45) is 5.12. The van der Waals surface area contributed by atoms with Crippen LogP contribution in [0.15, 0.2) is 55.0 Å². The van der Waals surface area contributed by atoms with Crippen molar-refractivity contribution in [2.45, 2.75) is 19.0 Å². The minimum Gasteiger partial charge on any atom is -0.377 e. The summed E-state index contributed by atoms with van der Waals surface area (Å²) in [4.78, 5) is 56.7. The van der Waals surface area contributed by atoms with Crippen LogP contribution in [0.1, 0.15) is 21.6 Å². The minimum atomic E-state index is -1.01. The van der Waals surface area contributed by atoms with Crippen LogP contribution in [0.2, 0.25) is 0 Å². The van der Waals surface area contributed by atoms with Gasteiger partial charge in [0, 0.05) is 50.2 Å². The highest BCUT2D eigenvalue weighted by atomic mass is 19.1. The van der Waals surface area contributed by atoms with Crippen molar-refractivity contribution in [1.29, 1.82) is 0 Å². The first-order valence-corrected chi connectivity index (χ1v) is 13.7. The molecule has 1 atom stereocenters. The number of pyridine rings is 1. The molecule has 2 aromatic heterocycles. The van der Waals surface area contributed by atoms with Gasteiger partial charge in [0.15, 0.2) is 0 Å². The first-order chi connectivity index (χ1) is 20.9. The highest BCUT2D eigenvalue weighted by molar-refractivity contribution is 5.94. The molecule has 0 spiro atoms. The molecular weight excluding hydrogens is 563 g/mol. The van der Waals surface area contributed by atoms with E-state index in [1.165, 1.54) is 29.2 Å². The van der Waals surface area contributed by atoms with Crippen molar-refractivity contribution in [2.75, 3.05) is 52.6 Å². The Balaban J connectivity index is 1.40. The number of carbonyl (C=O) groups is 4. The second-order valence-corrected chi connectivity index (χ2v) is 9.63. The molecule has 43 heavy (non-hydrogen) atoms.